The second kappa shape index (κ2) is 7.82. The van der Waals surface area contributed by atoms with Gasteiger partial charge in [-0.15, -0.1) is 0 Å². The highest BCUT2D eigenvalue weighted by Crippen LogP contribution is 2.28. The maximum absolute atomic E-state index is 12.7. The second-order valence-electron chi connectivity index (χ2n) is 7.14. The molecule has 1 aliphatic rings. The average molecular weight is 408 g/mol. The van der Waals surface area contributed by atoms with Crippen molar-refractivity contribution in [1.29, 1.82) is 0 Å². The molecule has 2 aromatic heterocycles. The largest absolute Gasteiger partial charge is 0.482 e. The number of H-pyrrole nitrogens is 1. The zero-order valence-electron chi connectivity index (χ0n) is 16.4. The standard InChI is InChI=1S/C20H20N6O4/c1-10(2)19(28)26-13-7-21-17-16(13)23-9-24-18(17)20(29)22-6-11-3-4-14-12(5-11)25-15(27)8-30-14/h3-5,7,9-10,21H,6,8H2,1-2H3,(H,22,29)(H,25,27)(H,26,28). The first-order chi connectivity index (χ1) is 14.4. The summed E-state index contributed by atoms with van der Waals surface area (Å²) in [5.74, 6) is -0.372. The molecule has 3 amide bonds. The molecule has 0 fully saturated rings. The molecule has 0 aliphatic carbocycles. The number of ether oxygens (including phenoxy) is 1. The zero-order chi connectivity index (χ0) is 21.3. The van der Waals surface area contributed by atoms with Gasteiger partial charge in [-0.25, -0.2) is 9.97 Å². The van der Waals surface area contributed by atoms with Crippen molar-refractivity contribution in [2.45, 2.75) is 20.4 Å². The highest BCUT2D eigenvalue weighted by Gasteiger charge is 2.19. The van der Waals surface area contributed by atoms with E-state index >= 15 is 0 Å². The summed E-state index contributed by atoms with van der Waals surface area (Å²) in [6, 6.07) is 5.30. The molecule has 30 heavy (non-hydrogen) atoms. The molecule has 3 aromatic rings. The molecule has 1 aliphatic heterocycles. The number of rotatable bonds is 5. The molecule has 0 bridgehead atoms. The highest BCUT2D eigenvalue weighted by atomic mass is 16.5. The van der Waals surface area contributed by atoms with Crippen LogP contribution in [0.4, 0.5) is 11.4 Å². The first-order valence-corrected chi connectivity index (χ1v) is 9.39. The van der Waals surface area contributed by atoms with Gasteiger partial charge in [0.1, 0.15) is 17.6 Å². The van der Waals surface area contributed by atoms with E-state index in [-0.39, 0.29) is 36.6 Å². The smallest absolute Gasteiger partial charge is 0.272 e. The van der Waals surface area contributed by atoms with Crippen LogP contribution in [0.5, 0.6) is 5.75 Å². The van der Waals surface area contributed by atoms with Crippen molar-refractivity contribution < 1.29 is 19.1 Å². The van der Waals surface area contributed by atoms with Crippen LogP contribution in [-0.4, -0.2) is 39.3 Å². The Bertz CT molecular complexity index is 1150. The van der Waals surface area contributed by atoms with E-state index in [9.17, 15) is 14.4 Å². The molecule has 0 spiro atoms. The predicted octanol–water partition coefficient (Wildman–Crippen LogP) is 1.81. The molecule has 0 saturated carbocycles. The molecular formula is C20H20N6O4. The third-order valence-electron chi connectivity index (χ3n) is 4.59. The van der Waals surface area contributed by atoms with Crippen molar-refractivity contribution in [3.05, 3.63) is 42.0 Å². The molecule has 0 unspecified atom stereocenters. The van der Waals surface area contributed by atoms with E-state index in [4.69, 9.17) is 4.74 Å². The van der Waals surface area contributed by atoms with Crippen LogP contribution in [-0.2, 0) is 16.1 Å². The Kier molecular flexibility index (Phi) is 5.05. The van der Waals surface area contributed by atoms with Gasteiger partial charge >= 0.3 is 0 Å². The van der Waals surface area contributed by atoms with Crippen molar-refractivity contribution in [3.8, 4) is 5.75 Å². The second-order valence-corrected chi connectivity index (χ2v) is 7.14. The Morgan fingerprint density at radius 3 is 2.90 bits per heavy atom. The van der Waals surface area contributed by atoms with Crippen LogP contribution in [0.15, 0.2) is 30.7 Å². The number of nitrogens with one attached hydrogen (secondary N) is 4. The van der Waals surface area contributed by atoms with Gasteiger partial charge in [0.25, 0.3) is 11.8 Å². The Morgan fingerprint density at radius 2 is 2.10 bits per heavy atom. The molecule has 4 rings (SSSR count). The highest BCUT2D eigenvalue weighted by molar-refractivity contribution is 6.08. The number of aromatic nitrogens is 3. The monoisotopic (exact) mass is 408 g/mol. The van der Waals surface area contributed by atoms with Crippen LogP contribution < -0.4 is 20.7 Å². The molecule has 4 N–H and O–H groups in total. The Balaban J connectivity index is 1.50. The first kappa shape index (κ1) is 19.4. The number of nitrogens with zero attached hydrogens (tertiary/aromatic N) is 2. The summed E-state index contributed by atoms with van der Waals surface area (Å²) in [6.45, 7) is 3.79. The van der Waals surface area contributed by atoms with Crippen LogP contribution in [0, 0.1) is 5.92 Å². The molecule has 0 radical (unpaired) electrons. The number of fused-ring (bicyclic) bond motifs is 2. The number of benzene rings is 1. The van der Waals surface area contributed by atoms with Gasteiger partial charge in [0.2, 0.25) is 5.91 Å². The van der Waals surface area contributed by atoms with Crippen LogP contribution in [0.3, 0.4) is 0 Å². The van der Waals surface area contributed by atoms with Gasteiger partial charge in [-0.05, 0) is 17.7 Å². The van der Waals surface area contributed by atoms with Crippen LogP contribution in [0.1, 0.15) is 29.9 Å². The minimum absolute atomic E-state index is 0.0114. The average Bonchev–Trinajstić information content (AvgIpc) is 3.14. The lowest BCUT2D eigenvalue weighted by Crippen LogP contribution is -2.26. The van der Waals surface area contributed by atoms with Gasteiger partial charge in [-0.3, -0.25) is 14.4 Å². The fraction of sp³-hybridized carbons (Fsp3) is 0.250. The molecule has 0 atom stereocenters. The molecule has 3 heterocycles. The molecule has 1 aromatic carbocycles. The number of hydrogen-bond donors (Lipinski definition) is 4. The number of carbonyl (C=O) groups is 3. The van der Waals surface area contributed by atoms with E-state index in [2.05, 4.69) is 30.9 Å². The Hall–Kier alpha value is -3.95. The Labute approximate surface area is 171 Å². The van der Waals surface area contributed by atoms with E-state index in [1.807, 2.05) is 0 Å². The molecule has 10 nitrogen and oxygen atoms in total. The van der Waals surface area contributed by atoms with E-state index in [1.54, 1.807) is 38.2 Å². The lowest BCUT2D eigenvalue weighted by Gasteiger charge is -2.18. The summed E-state index contributed by atoms with van der Waals surface area (Å²) in [5.41, 5.74) is 2.90. The lowest BCUT2D eigenvalue weighted by atomic mass is 10.1. The van der Waals surface area contributed by atoms with Crippen molar-refractivity contribution in [3.63, 3.8) is 0 Å². The van der Waals surface area contributed by atoms with Crippen LogP contribution in [0.2, 0.25) is 0 Å². The van der Waals surface area contributed by atoms with E-state index in [0.29, 0.717) is 28.2 Å². The summed E-state index contributed by atoms with van der Waals surface area (Å²) in [5, 5.41) is 8.32. The van der Waals surface area contributed by atoms with Gasteiger partial charge in [-0.1, -0.05) is 19.9 Å². The Morgan fingerprint density at radius 1 is 1.27 bits per heavy atom. The zero-order valence-corrected chi connectivity index (χ0v) is 16.4. The van der Waals surface area contributed by atoms with Crippen LogP contribution in [0.25, 0.3) is 11.0 Å². The van der Waals surface area contributed by atoms with Gasteiger partial charge in [0.15, 0.2) is 12.3 Å². The molecule has 154 valence electrons. The fourth-order valence-corrected chi connectivity index (χ4v) is 2.99. The quantitative estimate of drug-likeness (QED) is 0.508. The maximum atomic E-state index is 12.7. The molecule has 0 saturated heterocycles. The SMILES string of the molecule is CC(C)C(=O)Nc1c[nH]c2c(C(=O)NCc3ccc4c(c3)NC(=O)CO4)ncnc12. The molecule has 10 heteroatoms. The van der Waals surface area contributed by atoms with Gasteiger partial charge in [0.05, 0.1) is 16.9 Å². The summed E-state index contributed by atoms with van der Waals surface area (Å²) < 4.78 is 5.33. The third-order valence-corrected chi connectivity index (χ3v) is 4.59. The van der Waals surface area contributed by atoms with Gasteiger partial charge in [0, 0.05) is 18.7 Å². The minimum Gasteiger partial charge on any atom is -0.482 e. The number of aromatic amines is 1. The van der Waals surface area contributed by atoms with E-state index in [1.165, 1.54) is 6.33 Å². The summed E-state index contributed by atoms with van der Waals surface area (Å²) >= 11 is 0. The normalized spacial score (nSPS) is 12.8. The maximum Gasteiger partial charge on any atom is 0.272 e. The molecular weight excluding hydrogens is 388 g/mol. The topological polar surface area (TPSA) is 138 Å². The van der Waals surface area contributed by atoms with Crippen molar-refractivity contribution in [2.24, 2.45) is 5.92 Å². The fourth-order valence-electron chi connectivity index (χ4n) is 2.99. The number of anilines is 2. The lowest BCUT2D eigenvalue weighted by molar-refractivity contribution is -0.119. The predicted molar refractivity (Wildman–Crippen MR) is 109 cm³/mol. The van der Waals surface area contributed by atoms with Crippen molar-refractivity contribution >= 4 is 40.1 Å². The van der Waals surface area contributed by atoms with Crippen LogP contribution >= 0.6 is 0 Å². The summed E-state index contributed by atoms with van der Waals surface area (Å²) in [6.07, 6.45) is 2.87. The first-order valence-electron chi connectivity index (χ1n) is 9.39. The minimum atomic E-state index is -0.399. The van der Waals surface area contributed by atoms with Crippen molar-refractivity contribution in [1.82, 2.24) is 20.3 Å². The number of hydrogen-bond acceptors (Lipinski definition) is 6. The summed E-state index contributed by atoms with van der Waals surface area (Å²) in [7, 11) is 0. The summed E-state index contributed by atoms with van der Waals surface area (Å²) in [4.78, 5) is 47.4. The van der Waals surface area contributed by atoms with Gasteiger partial charge < -0.3 is 25.7 Å². The number of carbonyl (C=O) groups excluding carboxylic acids is 3. The number of amides is 3. The van der Waals surface area contributed by atoms with E-state index in [0.717, 1.165) is 5.56 Å². The van der Waals surface area contributed by atoms with Crippen molar-refractivity contribution in [2.75, 3.05) is 17.2 Å². The van der Waals surface area contributed by atoms with Gasteiger partial charge in [-0.2, -0.15) is 0 Å². The third kappa shape index (κ3) is 3.79. The van der Waals surface area contributed by atoms with E-state index < -0.39 is 5.91 Å².